The van der Waals surface area contributed by atoms with E-state index in [4.69, 9.17) is 4.52 Å². The number of rotatable bonds is 1. The molecule has 1 unspecified atom stereocenters. The minimum atomic E-state index is 0. The molecule has 2 aliphatic rings. The Morgan fingerprint density at radius 3 is 2.73 bits per heavy atom. The van der Waals surface area contributed by atoms with Gasteiger partial charge in [0.25, 0.3) is 0 Å². The Bertz CT molecular complexity index is 346. The van der Waals surface area contributed by atoms with Crippen molar-refractivity contribution in [2.75, 3.05) is 13.1 Å². The van der Waals surface area contributed by atoms with Gasteiger partial charge < -0.3 is 9.84 Å². The van der Waals surface area contributed by atoms with Crippen molar-refractivity contribution in [2.45, 2.75) is 32.1 Å². The quantitative estimate of drug-likeness (QED) is 0.796. The Hall–Kier alpha value is -0.610. The summed E-state index contributed by atoms with van der Waals surface area (Å²) in [4.78, 5) is 4.32. The fraction of sp³-hybridized carbons (Fsp3) is 0.800. The van der Waals surface area contributed by atoms with Crippen LogP contribution < -0.4 is 5.32 Å². The van der Waals surface area contributed by atoms with E-state index >= 15 is 0 Å². The van der Waals surface area contributed by atoms with Gasteiger partial charge in [-0.15, -0.1) is 12.4 Å². The van der Waals surface area contributed by atoms with Crippen molar-refractivity contribution in [3.63, 3.8) is 0 Å². The van der Waals surface area contributed by atoms with Crippen LogP contribution in [0.3, 0.4) is 0 Å². The van der Waals surface area contributed by atoms with Crippen LogP contribution in [0.1, 0.15) is 36.9 Å². The normalized spacial score (nSPS) is 27.4. The van der Waals surface area contributed by atoms with Crippen molar-refractivity contribution in [3.05, 3.63) is 11.7 Å². The van der Waals surface area contributed by atoms with E-state index in [1.807, 2.05) is 6.92 Å². The van der Waals surface area contributed by atoms with Gasteiger partial charge in [-0.05, 0) is 37.8 Å². The molecule has 5 heteroatoms. The number of nitrogens with one attached hydrogen (secondary N) is 1. The Kier molecular flexibility index (Phi) is 2.73. The van der Waals surface area contributed by atoms with E-state index in [2.05, 4.69) is 15.5 Å². The molecule has 84 valence electrons. The minimum absolute atomic E-state index is 0. The maximum Gasteiger partial charge on any atom is 0.223 e. The topological polar surface area (TPSA) is 51.0 Å². The van der Waals surface area contributed by atoms with Gasteiger partial charge in [-0.3, -0.25) is 0 Å². The first-order valence-corrected chi connectivity index (χ1v) is 5.31. The highest BCUT2D eigenvalue weighted by Gasteiger charge is 2.56. The fourth-order valence-electron chi connectivity index (χ4n) is 2.65. The lowest BCUT2D eigenvalue weighted by atomic mass is 9.92. The zero-order chi connectivity index (χ0) is 9.60. The largest absolute Gasteiger partial charge is 0.340 e. The number of hydrogen-bond acceptors (Lipinski definition) is 4. The molecule has 0 amide bonds. The summed E-state index contributed by atoms with van der Waals surface area (Å²) in [5.41, 5.74) is 0.515. The second-order valence-corrected chi connectivity index (χ2v) is 4.54. The van der Waals surface area contributed by atoms with Gasteiger partial charge in [-0.25, -0.2) is 0 Å². The molecule has 2 fully saturated rings. The molecule has 1 spiro atoms. The molecule has 1 aliphatic carbocycles. The molecule has 1 N–H and O–H groups in total. The first-order valence-electron chi connectivity index (χ1n) is 5.31. The van der Waals surface area contributed by atoms with E-state index in [0.717, 1.165) is 18.9 Å². The number of hydrogen-bond donors (Lipinski definition) is 1. The highest BCUT2D eigenvalue weighted by Crippen LogP contribution is 2.63. The molecule has 1 aromatic heterocycles. The average molecular weight is 230 g/mol. The van der Waals surface area contributed by atoms with E-state index in [-0.39, 0.29) is 12.4 Å². The Labute approximate surface area is 95.2 Å². The van der Waals surface area contributed by atoms with E-state index in [1.54, 1.807) is 0 Å². The number of aromatic nitrogens is 2. The van der Waals surface area contributed by atoms with Crippen LogP contribution in [0.15, 0.2) is 4.52 Å². The summed E-state index contributed by atoms with van der Waals surface area (Å²) < 4.78 is 5.02. The maximum atomic E-state index is 5.02. The fourth-order valence-corrected chi connectivity index (χ4v) is 2.65. The minimum Gasteiger partial charge on any atom is -0.340 e. The van der Waals surface area contributed by atoms with E-state index in [9.17, 15) is 0 Å². The molecule has 4 nitrogen and oxygen atoms in total. The van der Waals surface area contributed by atoms with Crippen LogP contribution in [0.2, 0.25) is 0 Å². The second kappa shape index (κ2) is 3.76. The summed E-state index contributed by atoms with van der Waals surface area (Å²) in [5, 5.41) is 7.41. The number of nitrogens with zero attached hydrogens (tertiary/aromatic N) is 2. The Balaban J connectivity index is 0.000000853. The molecule has 3 rings (SSSR count). The van der Waals surface area contributed by atoms with Gasteiger partial charge in [-0.1, -0.05) is 5.16 Å². The highest BCUT2D eigenvalue weighted by atomic mass is 35.5. The zero-order valence-electron chi connectivity index (χ0n) is 8.82. The summed E-state index contributed by atoms with van der Waals surface area (Å²) in [5.74, 6) is 2.20. The monoisotopic (exact) mass is 229 g/mol. The molecule has 15 heavy (non-hydrogen) atoms. The van der Waals surface area contributed by atoms with Crippen LogP contribution in [0.4, 0.5) is 0 Å². The van der Waals surface area contributed by atoms with Crippen LogP contribution in [0.5, 0.6) is 0 Å². The van der Waals surface area contributed by atoms with Crippen molar-refractivity contribution < 1.29 is 4.52 Å². The molecular formula is C10H16ClN3O. The average Bonchev–Trinajstić information content (AvgIpc) is 2.70. The lowest BCUT2D eigenvalue weighted by Gasteiger charge is -2.22. The number of aryl methyl sites for hydroxylation is 1. The van der Waals surface area contributed by atoms with Gasteiger partial charge in [-0.2, -0.15) is 4.98 Å². The summed E-state index contributed by atoms with van der Waals surface area (Å²) in [7, 11) is 0. The molecule has 1 saturated carbocycles. The lowest BCUT2D eigenvalue weighted by molar-refractivity contribution is 0.334. The van der Waals surface area contributed by atoms with Crippen molar-refractivity contribution in [2.24, 2.45) is 5.41 Å². The molecular weight excluding hydrogens is 214 g/mol. The third-order valence-electron chi connectivity index (χ3n) is 3.64. The van der Waals surface area contributed by atoms with Gasteiger partial charge in [0.05, 0.1) is 0 Å². The smallest absolute Gasteiger partial charge is 0.223 e. The van der Waals surface area contributed by atoms with Crippen LogP contribution in [0.25, 0.3) is 0 Å². The Morgan fingerprint density at radius 2 is 2.13 bits per heavy atom. The van der Waals surface area contributed by atoms with Crippen molar-refractivity contribution in [3.8, 4) is 0 Å². The van der Waals surface area contributed by atoms with Gasteiger partial charge in [0.15, 0.2) is 5.82 Å². The summed E-state index contributed by atoms with van der Waals surface area (Å²) in [6, 6.07) is 0. The maximum absolute atomic E-state index is 5.02. The second-order valence-electron chi connectivity index (χ2n) is 4.54. The van der Waals surface area contributed by atoms with Crippen molar-refractivity contribution >= 4 is 12.4 Å². The van der Waals surface area contributed by atoms with E-state index < -0.39 is 0 Å². The van der Waals surface area contributed by atoms with Crippen molar-refractivity contribution in [1.82, 2.24) is 15.5 Å². The lowest BCUT2D eigenvalue weighted by Crippen LogP contribution is -2.29. The SMILES string of the molecule is Cc1nc(C2CC23CCNCC3)no1.Cl. The summed E-state index contributed by atoms with van der Waals surface area (Å²) in [6.45, 7) is 4.15. The van der Waals surface area contributed by atoms with Crippen LogP contribution in [-0.2, 0) is 0 Å². The van der Waals surface area contributed by atoms with E-state index in [1.165, 1.54) is 19.3 Å². The summed E-state index contributed by atoms with van der Waals surface area (Å²) >= 11 is 0. The molecule has 0 bridgehead atoms. The predicted molar refractivity (Wildman–Crippen MR) is 58.2 cm³/mol. The summed E-state index contributed by atoms with van der Waals surface area (Å²) in [6.07, 6.45) is 3.80. The van der Waals surface area contributed by atoms with E-state index in [0.29, 0.717) is 17.2 Å². The van der Waals surface area contributed by atoms with Crippen LogP contribution >= 0.6 is 12.4 Å². The van der Waals surface area contributed by atoms with Crippen molar-refractivity contribution in [1.29, 1.82) is 0 Å². The number of piperidine rings is 1. The molecule has 1 aliphatic heterocycles. The number of halogens is 1. The van der Waals surface area contributed by atoms with Gasteiger partial charge in [0.1, 0.15) is 0 Å². The van der Waals surface area contributed by atoms with Gasteiger partial charge in [0, 0.05) is 12.8 Å². The third kappa shape index (κ3) is 1.76. The molecule has 1 atom stereocenters. The Morgan fingerprint density at radius 1 is 1.40 bits per heavy atom. The van der Waals surface area contributed by atoms with Crippen LogP contribution in [0, 0.1) is 12.3 Å². The van der Waals surface area contributed by atoms with Gasteiger partial charge >= 0.3 is 0 Å². The first-order chi connectivity index (χ1) is 6.80. The molecule has 2 heterocycles. The first kappa shape index (κ1) is 10.9. The third-order valence-corrected chi connectivity index (χ3v) is 3.64. The predicted octanol–water partition coefficient (Wildman–Crippen LogP) is 1.66. The molecule has 1 aromatic rings. The molecule has 1 saturated heterocycles. The standard InChI is InChI=1S/C10H15N3O.ClH/c1-7-12-9(13-14-7)8-6-10(8)2-4-11-5-3-10;/h8,11H,2-6H2,1H3;1H. The van der Waals surface area contributed by atoms with Crippen LogP contribution in [-0.4, -0.2) is 23.2 Å². The highest BCUT2D eigenvalue weighted by molar-refractivity contribution is 5.85. The molecule has 0 radical (unpaired) electrons. The van der Waals surface area contributed by atoms with Gasteiger partial charge in [0.2, 0.25) is 5.89 Å². The molecule has 0 aromatic carbocycles. The zero-order valence-corrected chi connectivity index (χ0v) is 9.64.